The topological polar surface area (TPSA) is 180 Å². The number of hydrogen-bond acceptors (Lipinski definition) is 10. The number of aromatic hydroxyl groups is 4. The van der Waals surface area contributed by atoms with Crippen molar-refractivity contribution < 1.29 is 40.2 Å². The Kier molecular flexibility index (Phi) is 10.4. The molecule has 6 N–H and O–H groups in total. The van der Waals surface area contributed by atoms with E-state index in [0.717, 1.165) is 44.9 Å². The minimum Gasteiger partial charge on any atom is -0.508 e. The average Bonchev–Trinajstić information content (AvgIpc) is 3.62. The highest BCUT2D eigenvalue weighted by molar-refractivity contribution is 8.15. The second-order valence-electron chi connectivity index (χ2n) is 10.1. The van der Waals surface area contributed by atoms with E-state index in [1.807, 2.05) is 0 Å². The standard InChI is InChI=1S/C29H34N2O8S2/c32-22-12-10-18(26-30-20(14-40-26)28(36)37)24(34)16(22)8-6-4-2-1-3-5-7-9-17-23(33)13-11-19(25(17)35)27-31-21(15-41-27)29(38)39/h10-13,20-21,32-35H,1-9,14-15H2,(H,36,37)(H,38,39)/t20-,21-/m1/s1. The summed E-state index contributed by atoms with van der Waals surface area (Å²) in [5.74, 6) is -1.42. The van der Waals surface area contributed by atoms with E-state index in [1.54, 1.807) is 12.1 Å². The van der Waals surface area contributed by atoms with Gasteiger partial charge in [-0.05, 0) is 49.9 Å². The third-order valence-corrected chi connectivity index (χ3v) is 9.36. The number of aliphatic imine (C=N–C) groups is 2. The summed E-state index contributed by atoms with van der Waals surface area (Å²) in [6.07, 6.45) is 7.36. The van der Waals surface area contributed by atoms with Gasteiger partial charge < -0.3 is 30.6 Å². The van der Waals surface area contributed by atoms with Gasteiger partial charge in [-0.2, -0.15) is 0 Å². The second-order valence-corrected chi connectivity index (χ2v) is 12.1. The van der Waals surface area contributed by atoms with Crippen LogP contribution in [-0.4, -0.2) is 76.3 Å². The predicted molar refractivity (Wildman–Crippen MR) is 160 cm³/mol. The van der Waals surface area contributed by atoms with Crippen LogP contribution in [0.4, 0.5) is 0 Å². The molecule has 0 saturated heterocycles. The molecule has 10 nitrogen and oxygen atoms in total. The number of nitrogens with zero attached hydrogens (tertiary/aromatic N) is 2. The minimum atomic E-state index is -0.998. The Morgan fingerprint density at radius 3 is 1.34 bits per heavy atom. The Balaban J connectivity index is 1.19. The Hall–Kier alpha value is -3.38. The number of phenolic OH excluding ortho intramolecular Hbond substituents is 4. The zero-order chi connectivity index (χ0) is 29.5. The van der Waals surface area contributed by atoms with Crippen LogP contribution in [0.3, 0.4) is 0 Å². The van der Waals surface area contributed by atoms with E-state index >= 15 is 0 Å². The first-order chi connectivity index (χ1) is 19.7. The van der Waals surface area contributed by atoms with E-state index in [0.29, 0.717) is 56.7 Å². The highest BCUT2D eigenvalue weighted by atomic mass is 32.2. The van der Waals surface area contributed by atoms with Crippen LogP contribution in [0.15, 0.2) is 34.3 Å². The van der Waals surface area contributed by atoms with Gasteiger partial charge in [-0.25, -0.2) is 9.59 Å². The number of phenols is 4. The third-order valence-electron chi connectivity index (χ3n) is 7.20. The van der Waals surface area contributed by atoms with Gasteiger partial charge in [0.1, 0.15) is 33.1 Å². The fourth-order valence-electron chi connectivity index (χ4n) is 4.87. The summed E-state index contributed by atoms with van der Waals surface area (Å²) in [5, 5.41) is 61.3. The van der Waals surface area contributed by atoms with Crippen molar-refractivity contribution in [1.29, 1.82) is 0 Å². The molecule has 0 amide bonds. The number of carboxylic acid groups (broad SMARTS) is 2. The monoisotopic (exact) mass is 602 g/mol. The lowest BCUT2D eigenvalue weighted by molar-refractivity contribution is -0.138. The van der Waals surface area contributed by atoms with Gasteiger partial charge in [0, 0.05) is 33.8 Å². The number of carboxylic acids is 2. The Bertz CT molecular complexity index is 1260. The Morgan fingerprint density at radius 1 is 0.634 bits per heavy atom. The molecule has 0 spiro atoms. The lowest BCUT2D eigenvalue weighted by atomic mass is 9.99. The van der Waals surface area contributed by atoms with Crippen molar-refractivity contribution in [2.45, 2.75) is 69.9 Å². The maximum absolute atomic E-state index is 11.2. The fraction of sp³-hybridized carbons (Fsp3) is 0.448. The van der Waals surface area contributed by atoms with Gasteiger partial charge in [-0.15, -0.1) is 23.5 Å². The molecule has 0 unspecified atom stereocenters. The molecular formula is C29H34N2O8S2. The molecule has 0 aliphatic carbocycles. The smallest absolute Gasteiger partial charge is 0.329 e. The molecule has 220 valence electrons. The summed E-state index contributed by atoms with van der Waals surface area (Å²) in [4.78, 5) is 30.7. The maximum Gasteiger partial charge on any atom is 0.329 e. The lowest BCUT2D eigenvalue weighted by Gasteiger charge is -2.12. The van der Waals surface area contributed by atoms with Crippen LogP contribution in [0.5, 0.6) is 23.0 Å². The molecule has 0 radical (unpaired) electrons. The first kappa shape index (κ1) is 30.6. The molecule has 12 heteroatoms. The number of unbranched alkanes of at least 4 members (excludes halogenated alkanes) is 6. The fourth-order valence-corrected chi connectivity index (χ4v) is 6.98. The van der Waals surface area contributed by atoms with Crippen molar-refractivity contribution in [3.63, 3.8) is 0 Å². The molecule has 2 aromatic carbocycles. The van der Waals surface area contributed by atoms with Crippen molar-refractivity contribution in [2.24, 2.45) is 9.98 Å². The number of hydrogen-bond donors (Lipinski definition) is 6. The van der Waals surface area contributed by atoms with Crippen molar-refractivity contribution in [3.8, 4) is 23.0 Å². The highest BCUT2D eigenvalue weighted by Gasteiger charge is 2.28. The molecule has 0 fully saturated rings. The zero-order valence-corrected chi connectivity index (χ0v) is 24.1. The van der Waals surface area contributed by atoms with E-state index in [1.165, 1.54) is 35.7 Å². The molecule has 41 heavy (non-hydrogen) atoms. The predicted octanol–water partition coefficient (Wildman–Crippen LogP) is 4.92. The van der Waals surface area contributed by atoms with Crippen LogP contribution >= 0.6 is 23.5 Å². The SMILES string of the molecule is O=C(O)[C@H]1CSC(c2ccc(O)c(CCCCCCCCCc3c(O)ccc(C4=N[C@@H](C(=O)O)CS4)c3O)c2O)=N1. The Morgan fingerprint density at radius 2 is 1.00 bits per heavy atom. The van der Waals surface area contributed by atoms with Gasteiger partial charge in [0.15, 0.2) is 12.1 Å². The quantitative estimate of drug-likeness (QED) is 0.163. The number of benzene rings is 2. The molecule has 0 aromatic heterocycles. The molecule has 2 aliphatic heterocycles. The first-order valence-electron chi connectivity index (χ1n) is 13.6. The van der Waals surface area contributed by atoms with E-state index < -0.39 is 24.0 Å². The van der Waals surface area contributed by atoms with E-state index in [2.05, 4.69) is 9.98 Å². The molecule has 4 rings (SSSR count). The van der Waals surface area contributed by atoms with Gasteiger partial charge in [0.05, 0.1) is 0 Å². The summed E-state index contributed by atoms with van der Waals surface area (Å²) >= 11 is 2.57. The summed E-state index contributed by atoms with van der Waals surface area (Å²) in [6.45, 7) is 0. The van der Waals surface area contributed by atoms with Crippen molar-refractivity contribution in [2.75, 3.05) is 11.5 Å². The highest BCUT2D eigenvalue weighted by Crippen LogP contribution is 2.38. The van der Waals surface area contributed by atoms with Gasteiger partial charge in [0.25, 0.3) is 0 Å². The van der Waals surface area contributed by atoms with Crippen LogP contribution in [0.25, 0.3) is 0 Å². The van der Waals surface area contributed by atoms with Gasteiger partial charge in [-0.3, -0.25) is 9.98 Å². The normalized spacial score (nSPS) is 18.3. The molecular weight excluding hydrogens is 568 g/mol. The second kappa shape index (κ2) is 14.0. The summed E-state index contributed by atoms with van der Waals surface area (Å²) in [7, 11) is 0. The van der Waals surface area contributed by atoms with E-state index in [9.17, 15) is 30.0 Å². The van der Waals surface area contributed by atoms with Gasteiger partial charge in [0.2, 0.25) is 0 Å². The van der Waals surface area contributed by atoms with Crippen LogP contribution < -0.4 is 0 Å². The summed E-state index contributed by atoms with van der Waals surface area (Å²) < 4.78 is 0. The summed E-state index contributed by atoms with van der Waals surface area (Å²) in [5.41, 5.74) is 1.81. The van der Waals surface area contributed by atoms with Crippen molar-refractivity contribution in [1.82, 2.24) is 0 Å². The number of carbonyl (C=O) groups is 2. The Labute approximate surface area is 246 Å². The molecule has 2 atom stereocenters. The van der Waals surface area contributed by atoms with Crippen LogP contribution in [-0.2, 0) is 22.4 Å². The average molecular weight is 603 g/mol. The molecule has 2 aliphatic rings. The van der Waals surface area contributed by atoms with Crippen molar-refractivity contribution in [3.05, 3.63) is 46.5 Å². The van der Waals surface area contributed by atoms with E-state index in [-0.39, 0.29) is 23.0 Å². The molecule has 2 aromatic rings. The van der Waals surface area contributed by atoms with Gasteiger partial charge >= 0.3 is 11.9 Å². The number of thioether (sulfide) groups is 2. The molecule has 0 bridgehead atoms. The van der Waals surface area contributed by atoms with Crippen LogP contribution in [0, 0.1) is 0 Å². The number of aliphatic carboxylic acids is 2. The maximum atomic E-state index is 11.2. The number of rotatable bonds is 14. The minimum absolute atomic E-state index is 0.0144. The molecule has 0 saturated carbocycles. The van der Waals surface area contributed by atoms with Crippen LogP contribution in [0.2, 0.25) is 0 Å². The van der Waals surface area contributed by atoms with Crippen molar-refractivity contribution >= 4 is 45.5 Å². The van der Waals surface area contributed by atoms with E-state index in [4.69, 9.17) is 10.2 Å². The summed E-state index contributed by atoms with van der Waals surface area (Å²) in [6, 6.07) is 4.51. The van der Waals surface area contributed by atoms with Crippen LogP contribution in [0.1, 0.15) is 67.2 Å². The largest absolute Gasteiger partial charge is 0.508 e. The molecule has 2 heterocycles. The lowest BCUT2D eigenvalue weighted by Crippen LogP contribution is -2.17. The zero-order valence-electron chi connectivity index (χ0n) is 22.5. The first-order valence-corrected chi connectivity index (χ1v) is 15.6. The van der Waals surface area contributed by atoms with Gasteiger partial charge in [-0.1, -0.05) is 32.1 Å². The third kappa shape index (κ3) is 7.48.